The van der Waals surface area contributed by atoms with Crippen molar-refractivity contribution in [1.82, 2.24) is 4.90 Å². The molecule has 0 amide bonds. The zero-order valence-electron chi connectivity index (χ0n) is 8.93. The molecule has 1 aliphatic carbocycles. The number of halogens is 3. The first kappa shape index (κ1) is 12.0. The van der Waals surface area contributed by atoms with E-state index < -0.39 is 0 Å². The molecular weight excluding hydrogens is 276 g/mol. The highest BCUT2D eigenvalue weighted by molar-refractivity contribution is 9.09. The summed E-state index contributed by atoms with van der Waals surface area (Å²) in [6.45, 7) is 1.38. The smallest absolute Gasteiger partial charge is 0.127 e. The molecule has 1 aromatic carbocycles. The lowest BCUT2D eigenvalue weighted by Gasteiger charge is -2.21. The molecule has 0 aromatic heterocycles. The minimum absolute atomic E-state index is 0.318. The molecule has 1 saturated carbocycles. The Bertz CT molecular complexity index is 366. The zero-order valence-corrected chi connectivity index (χ0v) is 10.5. The van der Waals surface area contributed by atoms with Gasteiger partial charge in [0, 0.05) is 30.0 Å². The van der Waals surface area contributed by atoms with E-state index in [0.29, 0.717) is 18.2 Å². The van der Waals surface area contributed by atoms with Crippen LogP contribution in [0.5, 0.6) is 0 Å². The first-order valence-corrected chi connectivity index (χ1v) is 6.57. The Kier molecular flexibility index (Phi) is 3.92. The summed E-state index contributed by atoms with van der Waals surface area (Å²) in [7, 11) is 0. The van der Waals surface area contributed by atoms with Gasteiger partial charge in [-0.05, 0) is 31.0 Å². The molecule has 88 valence electrons. The van der Waals surface area contributed by atoms with E-state index in [1.807, 2.05) is 0 Å². The molecule has 1 aliphatic rings. The fraction of sp³-hybridized carbons (Fsp3) is 0.500. The van der Waals surface area contributed by atoms with Gasteiger partial charge in [0.25, 0.3) is 0 Å². The highest BCUT2D eigenvalue weighted by Gasteiger charge is 2.28. The van der Waals surface area contributed by atoms with Crippen molar-refractivity contribution in [3.05, 3.63) is 35.4 Å². The summed E-state index contributed by atoms with van der Waals surface area (Å²) in [4.78, 5) is 2.20. The van der Waals surface area contributed by atoms with Gasteiger partial charge in [-0.2, -0.15) is 0 Å². The van der Waals surface area contributed by atoms with Crippen LogP contribution in [0.3, 0.4) is 0 Å². The van der Waals surface area contributed by atoms with Crippen molar-refractivity contribution in [1.29, 1.82) is 0 Å². The Morgan fingerprint density at radius 3 is 2.69 bits per heavy atom. The van der Waals surface area contributed by atoms with E-state index in [1.165, 1.54) is 25.0 Å². The third-order valence-corrected chi connectivity index (χ3v) is 3.17. The van der Waals surface area contributed by atoms with E-state index in [4.69, 9.17) is 0 Å². The Morgan fingerprint density at radius 2 is 2.06 bits per heavy atom. The number of nitrogens with zero attached hydrogens (tertiary/aromatic N) is 1. The van der Waals surface area contributed by atoms with Crippen LogP contribution in [0, 0.1) is 11.6 Å². The van der Waals surface area contributed by atoms with Crippen molar-refractivity contribution in [2.45, 2.75) is 25.4 Å². The average Bonchev–Trinajstić information content (AvgIpc) is 3.06. The van der Waals surface area contributed by atoms with Crippen molar-refractivity contribution >= 4 is 15.9 Å². The van der Waals surface area contributed by atoms with Crippen molar-refractivity contribution in [3.8, 4) is 0 Å². The summed E-state index contributed by atoms with van der Waals surface area (Å²) in [5, 5.41) is 0.862. The second-order valence-electron chi connectivity index (χ2n) is 4.13. The van der Waals surface area contributed by atoms with Crippen LogP contribution >= 0.6 is 15.9 Å². The van der Waals surface area contributed by atoms with Gasteiger partial charge in [-0.25, -0.2) is 8.78 Å². The van der Waals surface area contributed by atoms with Gasteiger partial charge < -0.3 is 0 Å². The maximum Gasteiger partial charge on any atom is 0.127 e. The SMILES string of the molecule is Fc1ccc(F)c(CN(CCBr)C2CC2)c1. The molecule has 1 aromatic rings. The van der Waals surface area contributed by atoms with Crippen molar-refractivity contribution in [3.63, 3.8) is 0 Å². The third-order valence-electron chi connectivity index (χ3n) is 2.82. The summed E-state index contributed by atoms with van der Waals surface area (Å²) < 4.78 is 26.5. The molecule has 0 heterocycles. The van der Waals surface area contributed by atoms with Gasteiger partial charge in [0.05, 0.1) is 0 Å². The van der Waals surface area contributed by atoms with Gasteiger partial charge in [0.2, 0.25) is 0 Å². The first-order chi connectivity index (χ1) is 7.70. The normalized spacial score (nSPS) is 15.8. The molecule has 4 heteroatoms. The molecule has 1 nitrogen and oxygen atoms in total. The van der Waals surface area contributed by atoms with E-state index in [0.717, 1.165) is 17.9 Å². The lowest BCUT2D eigenvalue weighted by Crippen LogP contribution is -2.28. The van der Waals surface area contributed by atoms with Crippen molar-refractivity contribution in [2.24, 2.45) is 0 Å². The predicted octanol–water partition coefficient (Wildman–Crippen LogP) is 3.32. The van der Waals surface area contributed by atoms with Gasteiger partial charge in [0.15, 0.2) is 0 Å². The average molecular weight is 290 g/mol. The number of hydrogen-bond donors (Lipinski definition) is 0. The van der Waals surface area contributed by atoms with Crippen LogP contribution in [-0.4, -0.2) is 22.8 Å². The van der Waals surface area contributed by atoms with Crippen LogP contribution < -0.4 is 0 Å². The van der Waals surface area contributed by atoms with Crippen LogP contribution in [-0.2, 0) is 6.54 Å². The van der Waals surface area contributed by atoms with Crippen LogP contribution in [0.25, 0.3) is 0 Å². The Hall–Kier alpha value is -0.480. The second-order valence-corrected chi connectivity index (χ2v) is 4.92. The predicted molar refractivity (Wildman–Crippen MR) is 63.6 cm³/mol. The highest BCUT2D eigenvalue weighted by Crippen LogP contribution is 2.28. The van der Waals surface area contributed by atoms with E-state index in [9.17, 15) is 8.78 Å². The first-order valence-electron chi connectivity index (χ1n) is 5.44. The second kappa shape index (κ2) is 5.23. The molecule has 16 heavy (non-hydrogen) atoms. The summed E-state index contributed by atoms with van der Waals surface area (Å²) in [5.41, 5.74) is 0.452. The summed E-state index contributed by atoms with van der Waals surface area (Å²) in [5.74, 6) is -0.687. The van der Waals surface area contributed by atoms with E-state index in [1.54, 1.807) is 0 Å². The minimum Gasteiger partial charge on any atom is -0.295 e. The molecular formula is C12H14BrF2N. The molecule has 0 bridgehead atoms. The number of hydrogen-bond acceptors (Lipinski definition) is 1. The molecule has 2 rings (SSSR count). The topological polar surface area (TPSA) is 3.24 Å². The lowest BCUT2D eigenvalue weighted by molar-refractivity contribution is 0.268. The molecule has 0 aliphatic heterocycles. The van der Waals surface area contributed by atoms with Crippen LogP contribution in [0.15, 0.2) is 18.2 Å². The number of rotatable bonds is 5. The number of benzene rings is 1. The van der Waals surface area contributed by atoms with Crippen LogP contribution in [0.2, 0.25) is 0 Å². The zero-order chi connectivity index (χ0) is 11.5. The van der Waals surface area contributed by atoms with E-state index in [2.05, 4.69) is 20.8 Å². The molecule has 0 N–H and O–H groups in total. The van der Waals surface area contributed by atoms with Gasteiger partial charge in [0.1, 0.15) is 11.6 Å². The maximum absolute atomic E-state index is 13.4. The Morgan fingerprint density at radius 1 is 1.31 bits per heavy atom. The van der Waals surface area contributed by atoms with Gasteiger partial charge in [-0.15, -0.1) is 0 Å². The minimum atomic E-state index is -0.369. The monoisotopic (exact) mass is 289 g/mol. The quantitative estimate of drug-likeness (QED) is 0.752. The number of alkyl halides is 1. The molecule has 1 fully saturated rings. The van der Waals surface area contributed by atoms with Gasteiger partial charge in [-0.3, -0.25) is 4.90 Å². The van der Waals surface area contributed by atoms with Gasteiger partial charge in [-0.1, -0.05) is 15.9 Å². The third kappa shape index (κ3) is 3.01. The molecule has 0 saturated heterocycles. The maximum atomic E-state index is 13.4. The fourth-order valence-corrected chi connectivity index (χ4v) is 2.28. The van der Waals surface area contributed by atoms with Crippen molar-refractivity contribution < 1.29 is 8.78 Å². The highest BCUT2D eigenvalue weighted by atomic mass is 79.9. The summed E-state index contributed by atoms with van der Waals surface area (Å²) >= 11 is 3.38. The van der Waals surface area contributed by atoms with Crippen molar-refractivity contribution in [2.75, 3.05) is 11.9 Å². The van der Waals surface area contributed by atoms with E-state index >= 15 is 0 Å². The lowest BCUT2D eigenvalue weighted by atomic mass is 10.2. The summed E-state index contributed by atoms with van der Waals surface area (Å²) in [6.07, 6.45) is 2.34. The molecule has 0 atom stereocenters. The van der Waals surface area contributed by atoms with E-state index in [-0.39, 0.29) is 11.6 Å². The molecule has 0 spiro atoms. The standard InChI is InChI=1S/C12H14BrF2N/c13-5-6-16(11-2-3-11)8-9-7-10(14)1-4-12(9)15/h1,4,7,11H,2-3,5-6,8H2. The molecule has 0 unspecified atom stereocenters. The fourth-order valence-electron chi connectivity index (χ4n) is 1.82. The van der Waals surface area contributed by atoms with Crippen LogP contribution in [0.4, 0.5) is 8.78 Å². The van der Waals surface area contributed by atoms with Crippen LogP contribution in [0.1, 0.15) is 18.4 Å². The summed E-state index contributed by atoms with van der Waals surface area (Å²) in [6, 6.07) is 4.20. The largest absolute Gasteiger partial charge is 0.295 e. The van der Waals surface area contributed by atoms with Gasteiger partial charge >= 0.3 is 0 Å². The molecule has 0 radical (unpaired) electrons. The Labute approximate surface area is 103 Å². The Balaban J connectivity index is 2.08.